The molecule has 0 atom stereocenters. The van der Waals surface area contributed by atoms with Crippen molar-refractivity contribution in [1.82, 2.24) is 9.55 Å². The lowest BCUT2D eigenvalue weighted by molar-refractivity contribution is 0.101. The van der Waals surface area contributed by atoms with E-state index in [0.717, 1.165) is 12.1 Å². The molecule has 0 aliphatic rings. The van der Waals surface area contributed by atoms with Crippen molar-refractivity contribution in [1.29, 1.82) is 0 Å². The zero-order valence-corrected chi connectivity index (χ0v) is 12.4. The number of carbonyl (C=O) groups is 1. The van der Waals surface area contributed by atoms with Crippen molar-refractivity contribution < 1.29 is 4.79 Å². The molecule has 110 valence electrons. The van der Waals surface area contributed by atoms with Crippen molar-refractivity contribution in [2.24, 2.45) is 7.05 Å². The SMILES string of the molecule is Cn1cccc1C(=O)Nc1ccc(Cc2ccncc2)cc1. The van der Waals surface area contributed by atoms with Crippen LogP contribution >= 0.6 is 0 Å². The Morgan fingerprint density at radius 3 is 2.36 bits per heavy atom. The van der Waals surface area contributed by atoms with Crippen molar-refractivity contribution in [3.8, 4) is 0 Å². The van der Waals surface area contributed by atoms with Gasteiger partial charge in [0.05, 0.1) is 0 Å². The molecule has 0 bridgehead atoms. The second-order valence-corrected chi connectivity index (χ2v) is 5.19. The maximum absolute atomic E-state index is 12.1. The first kappa shape index (κ1) is 14.1. The lowest BCUT2D eigenvalue weighted by atomic mass is 10.1. The number of carbonyl (C=O) groups excluding carboxylic acids is 1. The van der Waals surface area contributed by atoms with Crippen LogP contribution in [0.1, 0.15) is 21.6 Å². The summed E-state index contributed by atoms with van der Waals surface area (Å²) in [5.41, 5.74) is 3.85. The number of anilines is 1. The predicted octanol–water partition coefficient (Wildman–Crippen LogP) is 3.26. The van der Waals surface area contributed by atoms with Crippen molar-refractivity contribution in [2.45, 2.75) is 6.42 Å². The summed E-state index contributed by atoms with van der Waals surface area (Å²) >= 11 is 0. The number of aryl methyl sites for hydroxylation is 1. The first-order chi connectivity index (χ1) is 10.7. The molecule has 22 heavy (non-hydrogen) atoms. The molecule has 4 heteroatoms. The molecule has 0 saturated heterocycles. The van der Waals surface area contributed by atoms with Gasteiger partial charge in [-0.3, -0.25) is 9.78 Å². The van der Waals surface area contributed by atoms with E-state index in [1.807, 2.05) is 55.7 Å². The zero-order chi connectivity index (χ0) is 15.4. The van der Waals surface area contributed by atoms with E-state index in [4.69, 9.17) is 0 Å². The summed E-state index contributed by atoms with van der Waals surface area (Å²) in [5, 5.41) is 2.91. The molecule has 0 saturated carbocycles. The van der Waals surface area contributed by atoms with E-state index in [0.29, 0.717) is 5.69 Å². The van der Waals surface area contributed by atoms with E-state index < -0.39 is 0 Å². The average molecular weight is 291 g/mol. The monoisotopic (exact) mass is 291 g/mol. The third kappa shape index (κ3) is 3.23. The van der Waals surface area contributed by atoms with Gasteiger partial charge in [0.1, 0.15) is 5.69 Å². The molecule has 2 heterocycles. The van der Waals surface area contributed by atoms with E-state index in [9.17, 15) is 4.79 Å². The largest absolute Gasteiger partial charge is 0.347 e. The molecule has 4 nitrogen and oxygen atoms in total. The Hall–Kier alpha value is -2.88. The number of rotatable bonds is 4. The molecular formula is C18H17N3O. The number of pyridine rings is 1. The molecule has 0 fully saturated rings. The highest BCUT2D eigenvalue weighted by Crippen LogP contribution is 2.14. The lowest BCUT2D eigenvalue weighted by Gasteiger charge is -2.07. The van der Waals surface area contributed by atoms with Crippen LogP contribution in [-0.2, 0) is 13.5 Å². The third-order valence-corrected chi connectivity index (χ3v) is 3.55. The van der Waals surface area contributed by atoms with Gasteiger partial charge >= 0.3 is 0 Å². The Kier molecular flexibility index (Phi) is 4.01. The van der Waals surface area contributed by atoms with Crippen LogP contribution in [0, 0.1) is 0 Å². The molecule has 0 radical (unpaired) electrons. The van der Waals surface area contributed by atoms with Gasteiger partial charge in [0.15, 0.2) is 0 Å². The Labute approximate surface area is 129 Å². The van der Waals surface area contributed by atoms with Gasteiger partial charge in [0, 0.05) is 31.3 Å². The number of hydrogen-bond acceptors (Lipinski definition) is 2. The number of amides is 1. The van der Waals surface area contributed by atoms with Gasteiger partial charge < -0.3 is 9.88 Å². The summed E-state index contributed by atoms with van der Waals surface area (Å²) in [6, 6.07) is 15.6. The smallest absolute Gasteiger partial charge is 0.272 e. The van der Waals surface area contributed by atoms with E-state index in [2.05, 4.69) is 10.3 Å². The minimum absolute atomic E-state index is 0.102. The molecule has 1 aromatic carbocycles. The van der Waals surface area contributed by atoms with Crippen LogP contribution in [-0.4, -0.2) is 15.5 Å². The summed E-state index contributed by atoms with van der Waals surface area (Å²) < 4.78 is 1.80. The molecule has 0 aliphatic carbocycles. The van der Waals surface area contributed by atoms with Gasteiger partial charge in [-0.1, -0.05) is 12.1 Å². The molecule has 3 aromatic rings. The minimum Gasteiger partial charge on any atom is -0.347 e. The number of nitrogens with one attached hydrogen (secondary N) is 1. The predicted molar refractivity (Wildman–Crippen MR) is 86.9 cm³/mol. The summed E-state index contributed by atoms with van der Waals surface area (Å²) in [5.74, 6) is -0.102. The van der Waals surface area contributed by atoms with Gasteiger partial charge in [-0.2, -0.15) is 0 Å². The number of aromatic nitrogens is 2. The molecule has 1 N–H and O–H groups in total. The number of hydrogen-bond donors (Lipinski definition) is 1. The summed E-state index contributed by atoms with van der Waals surface area (Å²) in [7, 11) is 1.85. The molecular weight excluding hydrogens is 274 g/mol. The van der Waals surface area contributed by atoms with Crippen LogP contribution in [0.25, 0.3) is 0 Å². The minimum atomic E-state index is -0.102. The highest BCUT2D eigenvalue weighted by atomic mass is 16.1. The van der Waals surface area contributed by atoms with Crippen LogP contribution in [0.5, 0.6) is 0 Å². The highest BCUT2D eigenvalue weighted by Gasteiger charge is 2.08. The molecule has 3 rings (SSSR count). The summed E-state index contributed by atoms with van der Waals surface area (Å²) in [6.45, 7) is 0. The molecule has 1 amide bonds. The zero-order valence-electron chi connectivity index (χ0n) is 12.4. The van der Waals surface area contributed by atoms with E-state index in [1.54, 1.807) is 23.0 Å². The Morgan fingerprint density at radius 2 is 1.73 bits per heavy atom. The van der Waals surface area contributed by atoms with Crippen LogP contribution < -0.4 is 5.32 Å². The fourth-order valence-corrected chi connectivity index (χ4v) is 2.33. The van der Waals surface area contributed by atoms with E-state index in [1.165, 1.54) is 11.1 Å². The van der Waals surface area contributed by atoms with Gasteiger partial charge in [-0.15, -0.1) is 0 Å². The third-order valence-electron chi connectivity index (χ3n) is 3.55. The quantitative estimate of drug-likeness (QED) is 0.802. The Bertz CT molecular complexity index is 761. The second-order valence-electron chi connectivity index (χ2n) is 5.19. The summed E-state index contributed by atoms with van der Waals surface area (Å²) in [4.78, 5) is 16.1. The van der Waals surface area contributed by atoms with Gasteiger partial charge in [0.2, 0.25) is 0 Å². The fourth-order valence-electron chi connectivity index (χ4n) is 2.33. The van der Waals surface area contributed by atoms with Gasteiger partial charge in [-0.25, -0.2) is 0 Å². The lowest BCUT2D eigenvalue weighted by Crippen LogP contribution is -2.15. The number of nitrogens with zero attached hydrogens (tertiary/aromatic N) is 2. The standard InChI is InChI=1S/C18H17N3O/c1-21-12-2-3-17(21)18(22)20-16-6-4-14(5-7-16)13-15-8-10-19-11-9-15/h2-12H,13H2,1H3,(H,20,22). The van der Waals surface area contributed by atoms with Crippen molar-refractivity contribution in [3.63, 3.8) is 0 Å². The topological polar surface area (TPSA) is 46.9 Å². The summed E-state index contributed by atoms with van der Waals surface area (Å²) in [6.07, 6.45) is 6.30. The average Bonchev–Trinajstić information content (AvgIpc) is 2.96. The van der Waals surface area contributed by atoms with Crippen LogP contribution in [0.15, 0.2) is 67.1 Å². The molecule has 0 unspecified atom stereocenters. The second kappa shape index (κ2) is 6.26. The maximum atomic E-state index is 12.1. The molecule has 2 aromatic heterocycles. The first-order valence-corrected chi connectivity index (χ1v) is 7.13. The molecule has 0 spiro atoms. The van der Waals surface area contributed by atoms with Crippen molar-refractivity contribution in [3.05, 3.63) is 83.9 Å². The number of benzene rings is 1. The van der Waals surface area contributed by atoms with E-state index >= 15 is 0 Å². The fraction of sp³-hybridized carbons (Fsp3) is 0.111. The van der Waals surface area contributed by atoms with E-state index in [-0.39, 0.29) is 5.91 Å². The highest BCUT2D eigenvalue weighted by molar-refractivity contribution is 6.03. The Morgan fingerprint density at radius 1 is 1.05 bits per heavy atom. The van der Waals surface area contributed by atoms with Crippen LogP contribution in [0.4, 0.5) is 5.69 Å². The van der Waals surface area contributed by atoms with Gasteiger partial charge in [-0.05, 0) is 53.9 Å². The van der Waals surface area contributed by atoms with Crippen molar-refractivity contribution in [2.75, 3.05) is 5.32 Å². The Balaban J connectivity index is 1.67. The molecule has 0 aliphatic heterocycles. The van der Waals surface area contributed by atoms with Crippen LogP contribution in [0.2, 0.25) is 0 Å². The van der Waals surface area contributed by atoms with Crippen LogP contribution in [0.3, 0.4) is 0 Å². The van der Waals surface area contributed by atoms with Gasteiger partial charge in [0.25, 0.3) is 5.91 Å². The first-order valence-electron chi connectivity index (χ1n) is 7.13. The maximum Gasteiger partial charge on any atom is 0.272 e. The normalized spacial score (nSPS) is 10.4. The van der Waals surface area contributed by atoms with Crippen molar-refractivity contribution >= 4 is 11.6 Å².